The fraction of sp³-hybridized carbons (Fsp3) is 0.833. The second-order valence-corrected chi connectivity index (χ2v) is 4.58. The molecule has 2 N–H and O–H groups in total. The molecule has 106 valence electrons. The van der Waals surface area contributed by atoms with E-state index in [-0.39, 0.29) is 36.4 Å². The third-order valence-corrected chi connectivity index (χ3v) is 2.60. The van der Waals surface area contributed by atoms with Gasteiger partial charge < -0.3 is 15.5 Å². The molecule has 1 amide bonds. The van der Waals surface area contributed by atoms with E-state index in [4.69, 9.17) is 0 Å². The number of nitrogens with zero attached hydrogens (tertiary/aromatic N) is 2. The van der Waals surface area contributed by atoms with Crippen LogP contribution in [0.25, 0.3) is 0 Å². The largest absolute Gasteiger partial charge is 0.357 e. The van der Waals surface area contributed by atoms with Crippen LogP contribution in [-0.4, -0.2) is 49.0 Å². The Kier molecular flexibility index (Phi) is 9.13. The summed E-state index contributed by atoms with van der Waals surface area (Å²) in [5.74, 6) is 0.846. The van der Waals surface area contributed by atoms with Crippen molar-refractivity contribution < 1.29 is 4.79 Å². The van der Waals surface area contributed by atoms with Crippen LogP contribution < -0.4 is 10.6 Å². The highest BCUT2D eigenvalue weighted by atomic mass is 127. The smallest absolute Gasteiger partial charge is 0.244 e. The Morgan fingerprint density at radius 1 is 1.33 bits per heavy atom. The van der Waals surface area contributed by atoms with Crippen LogP contribution in [0.4, 0.5) is 0 Å². The molecule has 0 bridgehead atoms. The van der Waals surface area contributed by atoms with Crippen LogP contribution in [0.3, 0.4) is 0 Å². The van der Waals surface area contributed by atoms with E-state index < -0.39 is 0 Å². The second kappa shape index (κ2) is 9.41. The average Bonchev–Trinajstić information content (AvgIpc) is 2.78. The van der Waals surface area contributed by atoms with Gasteiger partial charge in [0, 0.05) is 25.7 Å². The van der Waals surface area contributed by atoms with E-state index in [2.05, 4.69) is 29.5 Å². The first-order chi connectivity index (χ1) is 8.13. The molecular formula is C12H25IN4O. The van der Waals surface area contributed by atoms with Crippen molar-refractivity contribution in [1.29, 1.82) is 0 Å². The van der Waals surface area contributed by atoms with Gasteiger partial charge in [0.15, 0.2) is 5.96 Å². The number of rotatable bonds is 4. The van der Waals surface area contributed by atoms with Crippen LogP contribution in [0.2, 0.25) is 0 Å². The Labute approximate surface area is 127 Å². The normalized spacial score (nSPS) is 15.6. The van der Waals surface area contributed by atoms with Gasteiger partial charge in [-0.2, -0.15) is 0 Å². The van der Waals surface area contributed by atoms with Gasteiger partial charge in [-0.05, 0) is 33.6 Å². The molecule has 0 atom stereocenters. The van der Waals surface area contributed by atoms with Gasteiger partial charge in [-0.3, -0.25) is 4.79 Å². The summed E-state index contributed by atoms with van der Waals surface area (Å²) in [7, 11) is 0. The number of amides is 1. The summed E-state index contributed by atoms with van der Waals surface area (Å²) in [6.45, 7) is 8.94. The summed E-state index contributed by atoms with van der Waals surface area (Å²) < 4.78 is 0. The maximum Gasteiger partial charge on any atom is 0.244 e. The van der Waals surface area contributed by atoms with Crippen molar-refractivity contribution in [2.45, 2.75) is 39.7 Å². The van der Waals surface area contributed by atoms with Gasteiger partial charge in [0.05, 0.1) is 0 Å². The van der Waals surface area contributed by atoms with Crippen LogP contribution in [0.5, 0.6) is 0 Å². The predicted octanol–water partition coefficient (Wildman–Crippen LogP) is 1.19. The lowest BCUT2D eigenvalue weighted by Crippen LogP contribution is -2.42. The monoisotopic (exact) mass is 368 g/mol. The highest BCUT2D eigenvalue weighted by Crippen LogP contribution is 2.07. The maximum atomic E-state index is 11.8. The van der Waals surface area contributed by atoms with Gasteiger partial charge >= 0.3 is 0 Å². The first kappa shape index (κ1) is 17.5. The molecule has 0 radical (unpaired) electrons. The van der Waals surface area contributed by atoms with E-state index >= 15 is 0 Å². The fourth-order valence-electron chi connectivity index (χ4n) is 1.81. The molecule has 1 saturated heterocycles. The third-order valence-electron chi connectivity index (χ3n) is 2.60. The van der Waals surface area contributed by atoms with Crippen molar-refractivity contribution in [2.24, 2.45) is 4.99 Å². The van der Waals surface area contributed by atoms with E-state index in [0.717, 1.165) is 38.4 Å². The van der Waals surface area contributed by atoms with Gasteiger partial charge in [0.25, 0.3) is 0 Å². The molecule has 0 aromatic carbocycles. The molecule has 6 heteroatoms. The summed E-state index contributed by atoms with van der Waals surface area (Å²) >= 11 is 0. The molecule has 18 heavy (non-hydrogen) atoms. The van der Waals surface area contributed by atoms with Gasteiger partial charge in [-0.15, -0.1) is 24.0 Å². The first-order valence-corrected chi connectivity index (χ1v) is 6.46. The number of hydrogen-bond donors (Lipinski definition) is 2. The molecule has 5 nitrogen and oxygen atoms in total. The molecule has 0 aromatic rings. The summed E-state index contributed by atoms with van der Waals surface area (Å²) in [5.41, 5.74) is 0. The van der Waals surface area contributed by atoms with Crippen molar-refractivity contribution in [3.05, 3.63) is 0 Å². The molecule has 1 heterocycles. The number of nitrogens with one attached hydrogen (secondary N) is 2. The van der Waals surface area contributed by atoms with E-state index in [1.165, 1.54) is 0 Å². The van der Waals surface area contributed by atoms with E-state index in [9.17, 15) is 4.79 Å². The Bertz CT molecular complexity index is 275. The molecule has 0 aliphatic carbocycles. The molecule has 0 unspecified atom stereocenters. The zero-order chi connectivity index (χ0) is 12.7. The molecule has 0 saturated carbocycles. The summed E-state index contributed by atoms with van der Waals surface area (Å²) in [4.78, 5) is 18.0. The van der Waals surface area contributed by atoms with Gasteiger partial charge in [0.1, 0.15) is 6.54 Å². The zero-order valence-electron chi connectivity index (χ0n) is 11.5. The SMILES string of the molecule is CCNC(=NCC(=O)N1CCCC1)NC(C)C.I. The number of hydrogen-bond acceptors (Lipinski definition) is 2. The van der Waals surface area contributed by atoms with Crippen molar-refractivity contribution in [2.75, 3.05) is 26.2 Å². The average molecular weight is 368 g/mol. The lowest BCUT2D eigenvalue weighted by molar-refractivity contribution is -0.128. The molecular weight excluding hydrogens is 343 g/mol. The Balaban J connectivity index is 0.00000289. The highest BCUT2D eigenvalue weighted by Gasteiger charge is 2.17. The van der Waals surface area contributed by atoms with Gasteiger partial charge in [0.2, 0.25) is 5.91 Å². The third kappa shape index (κ3) is 6.42. The Morgan fingerprint density at radius 2 is 1.94 bits per heavy atom. The van der Waals surface area contributed by atoms with Crippen molar-refractivity contribution in [3.8, 4) is 0 Å². The summed E-state index contributed by atoms with van der Waals surface area (Å²) in [5, 5.41) is 6.32. The summed E-state index contributed by atoms with van der Waals surface area (Å²) in [6, 6.07) is 0.315. The molecule has 0 aromatic heterocycles. The van der Waals surface area contributed by atoms with Crippen molar-refractivity contribution >= 4 is 35.8 Å². The summed E-state index contributed by atoms with van der Waals surface area (Å²) in [6.07, 6.45) is 2.25. The molecule has 1 aliphatic heterocycles. The van der Waals surface area contributed by atoms with E-state index in [1.807, 2.05) is 11.8 Å². The lowest BCUT2D eigenvalue weighted by Gasteiger charge is -2.16. The minimum Gasteiger partial charge on any atom is -0.357 e. The van der Waals surface area contributed by atoms with Crippen LogP contribution in [0.15, 0.2) is 4.99 Å². The molecule has 1 rings (SSSR count). The number of aliphatic imine (C=N–C) groups is 1. The van der Waals surface area contributed by atoms with E-state index in [1.54, 1.807) is 0 Å². The van der Waals surface area contributed by atoms with Crippen LogP contribution in [-0.2, 0) is 4.79 Å². The quantitative estimate of drug-likeness (QED) is 0.445. The molecule has 1 fully saturated rings. The first-order valence-electron chi connectivity index (χ1n) is 6.46. The lowest BCUT2D eigenvalue weighted by atomic mass is 10.4. The van der Waals surface area contributed by atoms with Crippen molar-refractivity contribution in [3.63, 3.8) is 0 Å². The Hall–Kier alpha value is -0.530. The minimum absolute atomic E-state index is 0. The van der Waals surface area contributed by atoms with Gasteiger partial charge in [-0.25, -0.2) is 4.99 Å². The number of carbonyl (C=O) groups is 1. The topological polar surface area (TPSA) is 56.7 Å². The number of halogens is 1. The molecule has 1 aliphatic rings. The number of guanidine groups is 1. The highest BCUT2D eigenvalue weighted by molar-refractivity contribution is 14.0. The van der Waals surface area contributed by atoms with E-state index in [0.29, 0.717) is 6.04 Å². The second-order valence-electron chi connectivity index (χ2n) is 4.58. The fourth-order valence-corrected chi connectivity index (χ4v) is 1.81. The van der Waals surface area contributed by atoms with Crippen molar-refractivity contribution in [1.82, 2.24) is 15.5 Å². The predicted molar refractivity (Wildman–Crippen MR) is 85.5 cm³/mol. The van der Waals surface area contributed by atoms with Crippen LogP contribution in [0.1, 0.15) is 33.6 Å². The minimum atomic E-state index is 0. The van der Waals surface area contributed by atoms with Gasteiger partial charge in [-0.1, -0.05) is 0 Å². The maximum absolute atomic E-state index is 11.8. The number of carbonyl (C=O) groups excluding carboxylic acids is 1. The van der Waals surface area contributed by atoms with Crippen LogP contribution >= 0.6 is 24.0 Å². The Morgan fingerprint density at radius 3 is 2.44 bits per heavy atom. The molecule has 0 spiro atoms. The zero-order valence-corrected chi connectivity index (χ0v) is 13.9. The van der Waals surface area contributed by atoms with Crippen LogP contribution in [0, 0.1) is 0 Å². The number of likely N-dealkylation sites (tertiary alicyclic amines) is 1. The standard InChI is InChI=1S/C12H24N4O.HI/c1-4-13-12(15-10(2)3)14-9-11(17)16-7-5-6-8-16;/h10H,4-9H2,1-3H3,(H2,13,14,15);1H.